The smallest absolute Gasteiger partial charge is 0.305 e. The molecule has 0 saturated heterocycles. The SMILES string of the molecule is COC(=O)CCCN(C)C(=O)c1cc(SC)ccc1C. The van der Waals surface area contributed by atoms with E-state index < -0.39 is 0 Å². The molecule has 0 unspecified atom stereocenters. The molecule has 0 aliphatic carbocycles. The summed E-state index contributed by atoms with van der Waals surface area (Å²) in [5, 5.41) is 0. The molecule has 0 fully saturated rings. The van der Waals surface area contributed by atoms with Crippen LogP contribution in [0.4, 0.5) is 0 Å². The second-order valence-corrected chi connectivity index (χ2v) is 5.47. The minimum atomic E-state index is -0.244. The van der Waals surface area contributed by atoms with Crippen LogP contribution in [-0.4, -0.2) is 43.7 Å². The van der Waals surface area contributed by atoms with Crippen LogP contribution in [0.1, 0.15) is 28.8 Å². The van der Waals surface area contributed by atoms with Crippen LogP contribution < -0.4 is 0 Å². The van der Waals surface area contributed by atoms with E-state index in [1.54, 1.807) is 23.7 Å². The molecule has 5 heteroatoms. The molecule has 1 rings (SSSR count). The van der Waals surface area contributed by atoms with Gasteiger partial charge in [0.15, 0.2) is 0 Å². The number of rotatable bonds is 6. The molecule has 1 aromatic rings. The number of carbonyl (C=O) groups excluding carboxylic acids is 2. The fourth-order valence-electron chi connectivity index (χ4n) is 1.83. The van der Waals surface area contributed by atoms with Crippen LogP contribution in [0.25, 0.3) is 0 Å². The van der Waals surface area contributed by atoms with Gasteiger partial charge in [-0.25, -0.2) is 0 Å². The fourth-order valence-corrected chi connectivity index (χ4v) is 2.27. The largest absolute Gasteiger partial charge is 0.469 e. The average molecular weight is 295 g/mol. The van der Waals surface area contributed by atoms with E-state index in [1.807, 2.05) is 31.4 Å². The third kappa shape index (κ3) is 4.56. The van der Waals surface area contributed by atoms with Crippen molar-refractivity contribution in [3.05, 3.63) is 29.3 Å². The molecule has 0 radical (unpaired) electrons. The van der Waals surface area contributed by atoms with E-state index in [4.69, 9.17) is 0 Å². The first-order valence-corrected chi connectivity index (χ1v) is 7.69. The van der Waals surface area contributed by atoms with Gasteiger partial charge in [0.2, 0.25) is 0 Å². The predicted molar refractivity (Wildman–Crippen MR) is 81.2 cm³/mol. The van der Waals surface area contributed by atoms with Crippen LogP contribution in [0.15, 0.2) is 23.1 Å². The number of thioether (sulfide) groups is 1. The molecule has 0 aliphatic heterocycles. The molecule has 0 N–H and O–H groups in total. The third-order valence-corrected chi connectivity index (χ3v) is 3.85. The van der Waals surface area contributed by atoms with E-state index in [-0.39, 0.29) is 11.9 Å². The summed E-state index contributed by atoms with van der Waals surface area (Å²) < 4.78 is 4.58. The summed E-state index contributed by atoms with van der Waals surface area (Å²) >= 11 is 1.61. The van der Waals surface area contributed by atoms with Gasteiger partial charge in [0.05, 0.1) is 7.11 Å². The highest BCUT2D eigenvalue weighted by molar-refractivity contribution is 7.98. The van der Waals surface area contributed by atoms with Gasteiger partial charge in [-0.1, -0.05) is 6.07 Å². The first-order valence-electron chi connectivity index (χ1n) is 6.46. The lowest BCUT2D eigenvalue weighted by molar-refractivity contribution is -0.140. The molecule has 0 aromatic heterocycles. The molecule has 0 aliphatic rings. The van der Waals surface area contributed by atoms with Crippen molar-refractivity contribution < 1.29 is 14.3 Å². The average Bonchev–Trinajstić information content (AvgIpc) is 2.46. The van der Waals surface area contributed by atoms with Crippen LogP contribution in [-0.2, 0) is 9.53 Å². The van der Waals surface area contributed by atoms with Gasteiger partial charge in [0.1, 0.15) is 0 Å². The molecule has 1 amide bonds. The Bertz CT molecular complexity index is 488. The lowest BCUT2D eigenvalue weighted by Gasteiger charge is -2.18. The Morgan fingerprint density at radius 3 is 2.65 bits per heavy atom. The third-order valence-electron chi connectivity index (χ3n) is 3.12. The highest BCUT2D eigenvalue weighted by Crippen LogP contribution is 2.20. The first kappa shape index (κ1) is 16.6. The second kappa shape index (κ2) is 7.94. The van der Waals surface area contributed by atoms with E-state index in [1.165, 1.54) is 7.11 Å². The van der Waals surface area contributed by atoms with E-state index in [9.17, 15) is 9.59 Å². The number of amides is 1. The van der Waals surface area contributed by atoms with Gasteiger partial charge in [-0.15, -0.1) is 11.8 Å². The Morgan fingerprint density at radius 2 is 2.05 bits per heavy atom. The molecule has 0 heterocycles. The van der Waals surface area contributed by atoms with Crippen molar-refractivity contribution in [3.8, 4) is 0 Å². The maximum Gasteiger partial charge on any atom is 0.305 e. The van der Waals surface area contributed by atoms with Gasteiger partial charge in [-0.3, -0.25) is 9.59 Å². The van der Waals surface area contributed by atoms with Crippen molar-refractivity contribution >= 4 is 23.6 Å². The van der Waals surface area contributed by atoms with Gasteiger partial charge in [0.25, 0.3) is 5.91 Å². The van der Waals surface area contributed by atoms with Crippen LogP contribution >= 0.6 is 11.8 Å². The Morgan fingerprint density at radius 1 is 1.35 bits per heavy atom. The molecule has 0 spiro atoms. The standard InChI is InChI=1S/C15H21NO3S/c1-11-7-8-12(20-4)10-13(11)15(18)16(2)9-5-6-14(17)19-3/h7-8,10H,5-6,9H2,1-4H3. The van der Waals surface area contributed by atoms with Gasteiger partial charge in [-0.2, -0.15) is 0 Å². The number of carbonyl (C=O) groups is 2. The number of esters is 1. The van der Waals surface area contributed by atoms with E-state index in [0.717, 1.165) is 16.0 Å². The summed E-state index contributed by atoms with van der Waals surface area (Å²) in [6, 6.07) is 5.88. The van der Waals surface area contributed by atoms with Crippen LogP contribution in [0.3, 0.4) is 0 Å². The van der Waals surface area contributed by atoms with Crippen molar-refractivity contribution in [2.24, 2.45) is 0 Å². The second-order valence-electron chi connectivity index (χ2n) is 4.59. The minimum absolute atomic E-state index is 0.0109. The topological polar surface area (TPSA) is 46.6 Å². The first-order chi connectivity index (χ1) is 9.49. The predicted octanol–water partition coefficient (Wildman–Crippen LogP) is 2.74. The molecule has 1 aromatic carbocycles. The molecule has 0 atom stereocenters. The maximum atomic E-state index is 12.4. The van der Waals surface area contributed by atoms with Crippen molar-refractivity contribution in [1.82, 2.24) is 4.90 Å². The van der Waals surface area contributed by atoms with E-state index in [0.29, 0.717) is 19.4 Å². The zero-order valence-electron chi connectivity index (χ0n) is 12.4. The molecule has 0 bridgehead atoms. The number of nitrogens with zero attached hydrogens (tertiary/aromatic N) is 1. The molecule has 110 valence electrons. The van der Waals surface area contributed by atoms with Crippen molar-refractivity contribution in [2.75, 3.05) is 27.0 Å². The zero-order chi connectivity index (χ0) is 15.1. The monoisotopic (exact) mass is 295 g/mol. The van der Waals surface area contributed by atoms with Gasteiger partial charge in [0, 0.05) is 30.5 Å². The normalized spacial score (nSPS) is 10.2. The van der Waals surface area contributed by atoms with E-state index >= 15 is 0 Å². The van der Waals surface area contributed by atoms with Crippen LogP contribution in [0.2, 0.25) is 0 Å². The molecular formula is C15H21NO3S. The Balaban J connectivity index is 2.66. The van der Waals surface area contributed by atoms with Crippen LogP contribution in [0.5, 0.6) is 0 Å². The van der Waals surface area contributed by atoms with Gasteiger partial charge in [-0.05, 0) is 37.3 Å². The number of hydrogen-bond acceptors (Lipinski definition) is 4. The van der Waals surface area contributed by atoms with Gasteiger partial charge < -0.3 is 9.64 Å². The van der Waals surface area contributed by atoms with Crippen molar-refractivity contribution in [1.29, 1.82) is 0 Å². The molecule has 4 nitrogen and oxygen atoms in total. The van der Waals surface area contributed by atoms with Crippen LogP contribution in [0, 0.1) is 6.92 Å². The van der Waals surface area contributed by atoms with Gasteiger partial charge >= 0.3 is 5.97 Å². The summed E-state index contributed by atoms with van der Waals surface area (Å²) in [6.07, 6.45) is 2.92. The van der Waals surface area contributed by atoms with E-state index in [2.05, 4.69) is 4.74 Å². The highest BCUT2D eigenvalue weighted by Gasteiger charge is 2.15. The maximum absolute atomic E-state index is 12.4. The lowest BCUT2D eigenvalue weighted by Crippen LogP contribution is -2.28. The summed E-state index contributed by atoms with van der Waals surface area (Å²) in [5.41, 5.74) is 1.69. The Labute approximate surface area is 124 Å². The number of ether oxygens (including phenoxy) is 1. The van der Waals surface area contributed by atoms with Crippen molar-refractivity contribution in [2.45, 2.75) is 24.7 Å². The molecular weight excluding hydrogens is 274 g/mol. The lowest BCUT2D eigenvalue weighted by atomic mass is 10.1. The molecule has 0 saturated carbocycles. The number of benzene rings is 1. The minimum Gasteiger partial charge on any atom is -0.469 e. The number of methoxy groups -OCH3 is 1. The summed E-state index contributed by atoms with van der Waals surface area (Å²) in [7, 11) is 3.12. The fraction of sp³-hybridized carbons (Fsp3) is 0.467. The zero-order valence-corrected chi connectivity index (χ0v) is 13.3. The Kier molecular flexibility index (Phi) is 6.58. The summed E-state index contributed by atoms with van der Waals surface area (Å²) in [4.78, 5) is 26.1. The summed E-state index contributed by atoms with van der Waals surface area (Å²) in [5.74, 6) is -0.255. The number of aryl methyl sites for hydroxylation is 1. The Hall–Kier alpha value is -1.49. The summed E-state index contributed by atoms with van der Waals surface area (Å²) in [6.45, 7) is 2.47. The number of hydrogen-bond donors (Lipinski definition) is 0. The highest BCUT2D eigenvalue weighted by atomic mass is 32.2. The molecule has 20 heavy (non-hydrogen) atoms. The van der Waals surface area contributed by atoms with Crippen molar-refractivity contribution in [3.63, 3.8) is 0 Å². The quantitative estimate of drug-likeness (QED) is 0.598.